The van der Waals surface area contributed by atoms with E-state index in [-0.39, 0.29) is 5.91 Å². The van der Waals surface area contributed by atoms with Gasteiger partial charge >= 0.3 is 0 Å². The Bertz CT molecular complexity index is 878. The molecule has 26 heavy (non-hydrogen) atoms. The molecule has 132 valence electrons. The van der Waals surface area contributed by atoms with Gasteiger partial charge < -0.3 is 4.90 Å². The zero-order valence-corrected chi connectivity index (χ0v) is 15.2. The van der Waals surface area contributed by atoms with E-state index >= 15 is 0 Å². The molecule has 1 amide bonds. The molecule has 0 spiro atoms. The first-order chi connectivity index (χ1) is 12.7. The number of likely N-dealkylation sites (N-methyl/N-ethyl adjacent to an activating group) is 1. The Morgan fingerprint density at radius 2 is 1.62 bits per heavy atom. The van der Waals surface area contributed by atoms with Crippen molar-refractivity contribution in [3.05, 3.63) is 78.5 Å². The number of hydrogen-bond donors (Lipinski definition) is 0. The second-order valence-corrected chi connectivity index (χ2v) is 5.92. The fourth-order valence-electron chi connectivity index (χ4n) is 2.84. The van der Waals surface area contributed by atoms with E-state index < -0.39 is 0 Å². The maximum atomic E-state index is 12.3. The van der Waals surface area contributed by atoms with Crippen molar-refractivity contribution in [2.45, 2.75) is 13.8 Å². The summed E-state index contributed by atoms with van der Waals surface area (Å²) in [6.45, 7) is 5.37. The molecular formula is C22H23N3O. The number of carbonyl (C=O) groups is 1. The van der Waals surface area contributed by atoms with Gasteiger partial charge in [0.2, 0.25) is 5.91 Å². The standard InChI is InChI=1S/C22H23N3O/c1-3-24(4-2)21(26)16-15-19-17-25(20-13-9-6-10-14-20)23-22(19)18-11-7-5-8-12-18/h5-17H,3-4H2,1-2H3. The Labute approximate surface area is 154 Å². The number of hydrogen-bond acceptors (Lipinski definition) is 2. The fraction of sp³-hybridized carbons (Fsp3) is 0.182. The van der Waals surface area contributed by atoms with Crippen LogP contribution in [0.5, 0.6) is 0 Å². The summed E-state index contributed by atoms with van der Waals surface area (Å²) in [6.07, 6.45) is 5.45. The van der Waals surface area contributed by atoms with E-state index in [4.69, 9.17) is 5.10 Å². The lowest BCUT2D eigenvalue weighted by molar-refractivity contribution is -0.125. The molecule has 2 aromatic carbocycles. The molecule has 3 rings (SSSR count). The molecule has 0 atom stereocenters. The number of carbonyl (C=O) groups excluding carboxylic acids is 1. The van der Waals surface area contributed by atoms with E-state index in [1.54, 1.807) is 11.0 Å². The average molecular weight is 345 g/mol. The first-order valence-electron chi connectivity index (χ1n) is 8.90. The topological polar surface area (TPSA) is 38.1 Å². The number of amides is 1. The molecule has 0 aliphatic rings. The zero-order chi connectivity index (χ0) is 18.4. The summed E-state index contributed by atoms with van der Waals surface area (Å²) in [7, 11) is 0. The number of benzene rings is 2. The summed E-state index contributed by atoms with van der Waals surface area (Å²) >= 11 is 0. The van der Waals surface area contributed by atoms with Gasteiger partial charge in [0.05, 0.1) is 11.4 Å². The van der Waals surface area contributed by atoms with E-state index in [1.807, 2.05) is 91.5 Å². The molecule has 0 saturated heterocycles. The maximum absolute atomic E-state index is 12.3. The predicted octanol–water partition coefficient (Wildman–Crippen LogP) is 4.42. The van der Waals surface area contributed by atoms with Gasteiger partial charge in [-0.25, -0.2) is 4.68 Å². The molecule has 0 unspecified atom stereocenters. The van der Waals surface area contributed by atoms with E-state index in [0.717, 1.165) is 22.5 Å². The van der Waals surface area contributed by atoms with Crippen LogP contribution >= 0.6 is 0 Å². The van der Waals surface area contributed by atoms with Crippen molar-refractivity contribution in [2.75, 3.05) is 13.1 Å². The van der Waals surface area contributed by atoms with Crippen molar-refractivity contribution in [2.24, 2.45) is 0 Å². The highest BCUT2D eigenvalue weighted by Crippen LogP contribution is 2.24. The van der Waals surface area contributed by atoms with Crippen LogP contribution in [0, 0.1) is 0 Å². The molecule has 0 aliphatic heterocycles. The number of nitrogens with zero attached hydrogens (tertiary/aromatic N) is 3. The van der Waals surface area contributed by atoms with Crippen LogP contribution < -0.4 is 0 Å². The molecule has 1 heterocycles. The third-order valence-corrected chi connectivity index (χ3v) is 4.29. The summed E-state index contributed by atoms with van der Waals surface area (Å²) in [6, 6.07) is 20.0. The molecule has 0 N–H and O–H groups in total. The maximum Gasteiger partial charge on any atom is 0.246 e. The Morgan fingerprint density at radius 1 is 1.00 bits per heavy atom. The molecule has 0 radical (unpaired) electrons. The number of aromatic nitrogens is 2. The quantitative estimate of drug-likeness (QED) is 0.620. The van der Waals surface area contributed by atoms with E-state index in [1.165, 1.54) is 0 Å². The molecule has 1 aromatic heterocycles. The van der Waals surface area contributed by atoms with Crippen LogP contribution in [0.15, 0.2) is 72.9 Å². The van der Waals surface area contributed by atoms with Gasteiger partial charge in [0.25, 0.3) is 0 Å². The average Bonchev–Trinajstić information content (AvgIpc) is 3.13. The van der Waals surface area contributed by atoms with Crippen LogP contribution in [0.1, 0.15) is 19.4 Å². The monoisotopic (exact) mass is 345 g/mol. The van der Waals surface area contributed by atoms with Crippen molar-refractivity contribution in [3.63, 3.8) is 0 Å². The van der Waals surface area contributed by atoms with Gasteiger partial charge in [0, 0.05) is 36.5 Å². The first-order valence-corrected chi connectivity index (χ1v) is 8.90. The van der Waals surface area contributed by atoms with Gasteiger partial charge in [-0.2, -0.15) is 5.10 Å². The van der Waals surface area contributed by atoms with Gasteiger partial charge in [-0.1, -0.05) is 48.5 Å². The Balaban J connectivity index is 2.00. The Hall–Kier alpha value is -3.14. The van der Waals surface area contributed by atoms with Gasteiger partial charge in [-0.05, 0) is 32.1 Å². The van der Waals surface area contributed by atoms with Crippen molar-refractivity contribution in [1.29, 1.82) is 0 Å². The SMILES string of the molecule is CCN(CC)C(=O)C=Cc1cn(-c2ccccc2)nc1-c1ccccc1. The fourth-order valence-corrected chi connectivity index (χ4v) is 2.84. The molecule has 0 bridgehead atoms. The Morgan fingerprint density at radius 3 is 2.23 bits per heavy atom. The zero-order valence-electron chi connectivity index (χ0n) is 15.2. The third-order valence-electron chi connectivity index (χ3n) is 4.29. The van der Waals surface area contributed by atoms with E-state index in [9.17, 15) is 4.79 Å². The van der Waals surface area contributed by atoms with Gasteiger partial charge in [-0.3, -0.25) is 4.79 Å². The summed E-state index contributed by atoms with van der Waals surface area (Å²) in [4.78, 5) is 14.1. The van der Waals surface area contributed by atoms with Crippen molar-refractivity contribution in [1.82, 2.24) is 14.7 Å². The highest BCUT2D eigenvalue weighted by atomic mass is 16.2. The number of para-hydroxylation sites is 1. The smallest absolute Gasteiger partial charge is 0.246 e. The van der Waals surface area contributed by atoms with Crippen LogP contribution in [-0.2, 0) is 4.79 Å². The summed E-state index contributed by atoms with van der Waals surface area (Å²) in [5, 5.41) is 4.75. The molecule has 0 fully saturated rings. The van der Waals surface area contributed by atoms with Crippen molar-refractivity contribution in [3.8, 4) is 16.9 Å². The minimum Gasteiger partial charge on any atom is -0.340 e. The largest absolute Gasteiger partial charge is 0.340 e. The lowest BCUT2D eigenvalue weighted by Crippen LogP contribution is -2.28. The Kier molecular flexibility index (Phi) is 5.64. The lowest BCUT2D eigenvalue weighted by Gasteiger charge is -2.15. The minimum absolute atomic E-state index is 0.0153. The van der Waals surface area contributed by atoms with Crippen LogP contribution in [0.25, 0.3) is 23.0 Å². The second kappa shape index (κ2) is 8.30. The van der Waals surface area contributed by atoms with Gasteiger partial charge in [0.1, 0.15) is 0 Å². The normalized spacial score (nSPS) is 11.0. The molecule has 3 aromatic rings. The summed E-state index contributed by atoms with van der Waals surface area (Å²) in [5.74, 6) is 0.0153. The van der Waals surface area contributed by atoms with Crippen LogP contribution in [-0.4, -0.2) is 33.7 Å². The van der Waals surface area contributed by atoms with Crippen LogP contribution in [0.2, 0.25) is 0 Å². The highest BCUT2D eigenvalue weighted by Gasteiger charge is 2.11. The second-order valence-electron chi connectivity index (χ2n) is 5.92. The van der Waals surface area contributed by atoms with Crippen molar-refractivity contribution < 1.29 is 4.79 Å². The molecule has 0 aliphatic carbocycles. The predicted molar refractivity (Wildman–Crippen MR) is 106 cm³/mol. The van der Waals surface area contributed by atoms with Gasteiger partial charge in [-0.15, -0.1) is 0 Å². The van der Waals surface area contributed by atoms with Crippen LogP contribution in [0.3, 0.4) is 0 Å². The molecule has 4 nitrogen and oxygen atoms in total. The van der Waals surface area contributed by atoms with Crippen LogP contribution in [0.4, 0.5) is 0 Å². The molecular weight excluding hydrogens is 322 g/mol. The molecule has 0 saturated carbocycles. The summed E-state index contributed by atoms with van der Waals surface area (Å²) < 4.78 is 1.85. The first kappa shape index (κ1) is 17.7. The molecule has 4 heteroatoms. The van der Waals surface area contributed by atoms with Gasteiger partial charge in [0.15, 0.2) is 0 Å². The summed E-state index contributed by atoms with van der Waals surface area (Å²) in [5.41, 5.74) is 3.79. The number of rotatable bonds is 6. The van der Waals surface area contributed by atoms with Crippen molar-refractivity contribution >= 4 is 12.0 Å². The lowest BCUT2D eigenvalue weighted by atomic mass is 10.1. The minimum atomic E-state index is 0.0153. The highest BCUT2D eigenvalue weighted by molar-refractivity contribution is 5.92. The van der Waals surface area contributed by atoms with E-state index in [0.29, 0.717) is 13.1 Å². The third kappa shape index (κ3) is 3.91. The van der Waals surface area contributed by atoms with E-state index in [2.05, 4.69) is 0 Å².